The Hall–Kier alpha value is -4.13. The lowest BCUT2D eigenvalue weighted by Crippen LogP contribution is -2.30. The number of aromatic nitrogens is 1. The monoisotopic (exact) mass is 442 g/mol. The molecule has 1 N–H and O–H groups in total. The average molecular weight is 442 g/mol. The zero-order chi connectivity index (χ0) is 23.3. The highest BCUT2D eigenvalue weighted by atomic mass is 16.5. The first kappa shape index (κ1) is 20.8. The molecule has 4 aromatic rings. The molecule has 1 unspecified atom stereocenters. The van der Waals surface area contributed by atoms with Crippen LogP contribution in [0.5, 0.6) is 11.5 Å². The van der Waals surface area contributed by atoms with Crippen molar-refractivity contribution >= 4 is 22.7 Å². The molecule has 5 rings (SSSR count). The fourth-order valence-corrected chi connectivity index (χ4v) is 4.25. The average Bonchev–Trinajstić information content (AvgIpc) is 3.10. The number of hydrogen-bond acceptors (Lipinski definition) is 6. The summed E-state index contributed by atoms with van der Waals surface area (Å²) >= 11 is 0. The van der Waals surface area contributed by atoms with Crippen LogP contribution in [0.3, 0.4) is 0 Å². The number of phenolic OH excluding ortho intramolecular Hbond substituents is 1. The lowest BCUT2D eigenvalue weighted by atomic mass is 9.97. The Kier molecular flexibility index (Phi) is 4.89. The van der Waals surface area contributed by atoms with Gasteiger partial charge >= 0.3 is 0 Å². The van der Waals surface area contributed by atoms with Crippen molar-refractivity contribution < 1.29 is 19.1 Å². The SMILES string of the molecule is CCOc1cc(C2c3c(oc4cc(C)c(C)cc4c3=O)C(=O)N2c2ccccn2)ccc1O. The molecule has 33 heavy (non-hydrogen) atoms. The van der Waals surface area contributed by atoms with E-state index in [2.05, 4.69) is 4.98 Å². The van der Waals surface area contributed by atoms with E-state index in [1.54, 1.807) is 48.7 Å². The molecule has 1 amide bonds. The largest absolute Gasteiger partial charge is 0.504 e. The summed E-state index contributed by atoms with van der Waals surface area (Å²) in [5, 5.41) is 10.6. The summed E-state index contributed by atoms with van der Waals surface area (Å²) < 4.78 is 11.6. The van der Waals surface area contributed by atoms with E-state index >= 15 is 0 Å². The Morgan fingerprint density at radius 3 is 2.61 bits per heavy atom. The fourth-order valence-electron chi connectivity index (χ4n) is 4.25. The number of aromatic hydroxyl groups is 1. The van der Waals surface area contributed by atoms with Crippen molar-refractivity contribution in [2.75, 3.05) is 11.5 Å². The van der Waals surface area contributed by atoms with Gasteiger partial charge in [0.1, 0.15) is 11.4 Å². The first-order chi connectivity index (χ1) is 15.9. The predicted octanol–water partition coefficient (Wildman–Crippen LogP) is 4.66. The molecule has 0 fully saturated rings. The van der Waals surface area contributed by atoms with Gasteiger partial charge < -0.3 is 14.3 Å². The van der Waals surface area contributed by atoms with Gasteiger partial charge in [-0.1, -0.05) is 12.1 Å². The topological polar surface area (TPSA) is 92.9 Å². The minimum absolute atomic E-state index is 0.00237. The van der Waals surface area contributed by atoms with Crippen LogP contribution in [0.15, 0.2) is 63.9 Å². The zero-order valence-corrected chi connectivity index (χ0v) is 18.5. The number of ether oxygens (including phenoxy) is 1. The number of nitrogens with zero attached hydrogens (tertiary/aromatic N) is 2. The molecule has 7 nitrogen and oxygen atoms in total. The predicted molar refractivity (Wildman–Crippen MR) is 124 cm³/mol. The zero-order valence-electron chi connectivity index (χ0n) is 18.5. The van der Waals surface area contributed by atoms with E-state index in [-0.39, 0.29) is 28.3 Å². The van der Waals surface area contributed by atoms with Crippen LogP contribution in [-0.4, -0.2) is 22.6 Å². The first-order valence-corrected chi connectivity index (χ1v) is 10.7. The molecular weight excluding hydrogens is 420 g/mol. The minimum atomic E-state index is -0.788. The third-order valence-electron chi connectivity index (χ3n) is 5.98. The Bertz CT molecular complexity index is 1460. The van der Waals surface area contributed by atoms with Crippen molar-refractivity contribution in [3.05, 3.63) is 93.0 Å². The van der Waals surface area contributed by atoms with Crippen molar-refractivity contribution in [2.45, 2.75) is 26.8 Å². The molecular formula is C26H22N2O5. The van der Waals surface area contributed by atoms with Gasteiger partial charge in [0.2, 0.25) is 5.76 Å². The van der Waals surface area contributed by atoms with Gasteiger partial charge in [-0.05, 0) is 73.9 Å². The van der Waals surface area contributed by atoms with E-state index in [0.717, 1.165) is 11.1 Å². The van der Waals surface area contributed by atoms with Crippen molar-refractivity contribution in [1.29, 1.82) is 0 Å². The molecule has 0 saturated heterocycles. The van der Waals surface area contributed by atoms with Crippen LogP contribution in [0.1, 0.15) is 45.8 Å². The van der Waals surface area contributed by atoms with Crippen LogP contribution in [0.4, 0.5) is 5.82 Å². The number of amides is 1. The van der Waals surface area contributed by atoms with Crippen LogP contribution in [0.25, 0.3) is 11.0 Å². The second kappa shape index (κ2) is 7.78. The van der Waals surface area contributed by atoms with Crippen molar-refractivity contribution in [3.63, 3.8) is 0 Å². The smallest absolute Gasteiger partial charge is 0.296 e. The van der Waals surface area contributed by atoms with Gasteiger partial charge in [0, 0.05) is 6.20 Å². The minimum Gasteiger partial charge on any atom is -0.504 e. The Labute approximate surface area is 189 Å². The van der Waals surface area contributed by atoms with E-state index < -0.39 is 11.9 Å². The van der Waals surface area contributed by atoms with E-state index in [0.29, 0.717) is 29.0 Å². The number of carbonyl (C=O) groups is 1. The van der Waals surface area contributed by atoms with Gasteiger partial charge in [-0.25, -0.2) is 4.98 Å². The Morgan fingerprint density at radius 1 is 1.09 bits per heavy atom. The molecule has 0 radical (unpaired) electrons. The quantitative estimate of drug-likeness (QED) is 0.494. The van der Waals surface area contributed by atoms with Crippen LogP contribution in [-0.2, 0) is 0 Å². The third-order valence-corrected chi connectivity index (χ3v) is 5.98. The van der Waals surface area contributed by atoms with Crippen LogP contribution < -0.4 is 15.1 Å². The molecule has 7 heteroatoms. The van der Waals surface area contributed by atoms with Crippen molar-refractivity contribution in [1.82, 2.24) is 4.98 Å². The van der Waals surface area contributed by atoms with Crippen LogP contribution >= 0.6 is 0 Å². The molecule has 0 spiro atoms. The van der Waals surface area contributed by atoms with Gasteiger partial charge in [0.05, 0.1) is 23.6 Å². The highest BCUT2D eigenvalue weighted by molar-refractivity contribution is 6.10. The van der Waals surface area contributed by atoms with Crippen molar-refractivity contribution in [2.24, 2.45) is 0 Å². The number of pyridine rings is 1. The molecule has 166 valence electrons. The lowest BCUT2D eigenvalue weighted by molar-refractivity contribution is 0.0970. The molecule has 1 aliphatic rings. The van der Waals surface area contributed by atoms with Gasteiger partial charge in [-0.2, -0.15) is 0 Å². The molecule has 2 aromatic heterocycles. The summed E-state index contributed by atoms with van der Waals surface area (Å²) in [6.45, 7) is 6.02. The molecule has 2 aromatic carbocycles. The Morgan fingerprint density at radius 2 is 1.88 bits per heavy atom. The molecule has 1 aliphatic heterocycles. The lowest BCUT2D eigenvalue weighted by Gasteiger charge is -2.24. The van der Waals surface area contributed by atoms with E-state index in [9.17, 15) is 14.7 Å². The highest BCUT2D eigenvalue weighted by Crippen LogP contribution is 2.42. The second-order valence-corrected chi connectivity index (χ2v) is 8.03. The standard InChI is InChI=1S/C26H22N2O5/c1-4-32-20-13-16(8-9-18(20)29)23-22-24(30)17-11-14(2)15(3)12-19(17)33-25(22)26(31)28(23)21-7-5-6-10-27-21/h5-13,23,29H,4H2,1-3H3. The van der Waals surface area contributed by atoms with Crippen LogP contribution in [0, 0.1) is 13.8 Å². The van der Waals surface area contributed by atoms with Gasteiger partial charge in [0.25, 0.3) is 5.91 Å². The number of phenols is 1. The molecule has 3 heterocycles. The maximum absolute atomic E-state index is 13.7. The Balaban J connectivity index is 1.81. The number of benzene rings is 2. The fraction of sp³-hybridized carbons (Fsp3) is 0.192. The number of hydrogen-bond donors (Lipinski definition) is 1. The maximum Gasteiger partial charge on any atom is 0.296 e. The number of carbonyl (C=O) groups excluding carboxylic acids is 1. The second-order valence-electron chi connectivity index (χ2n) is 8.03. The summed E-state index contributed by atoms with van der Waals surface area (Å²) in [7, 11) is 0. The number of rotatable bonds is 4. The van der Waals surface area contributed by atoms with Crippen LogP contribution in [0.2, 0.25) is 0 Å². The summed E-state index contributed by atoms with van der Waals surface area (Å²) in [5.74, 6) is 0.190. The molecule has 1 atom stereocenters. The molecule has 0 saturated carbocycles. The van der Waals surface area contributed by atoms with E-state index in [4.69, 9.17) is 9.15 Å². The van der Waals surface area contributed by atoms with E-state index in [1.165, 1.54) is 11.0 Å². The van der Waals surface area contributed by atoms with Gasteiger partial charge in [-0.15, -0.1) is 0 Å². The molecule has 0 aliphatic carbocycles. The summed E-state index contributed by atoms with van der Waals surface area (Å²) in [5.41, 5.74) is 2.88. The number of fused-ring (bicyclic) bond motifs is 2. The number of aryl methyl sites for hydroxylation is 2. The summed E-state index contributed by atoms with van der Waals surface area (Å²) in [6, 6.07) is 12.8. The summed E-state index contributed by atoms with van der Waals surface area (Å²) in [4.78, 5) is 33.1. The highest BCUT2D eigenvalue weighted by Gasteiger charge is 2.44. The van der Waals surface area contributed by atoms with E-state index in [1.807, 2.05) is 20.8 Å². The number of anilines is 1. The maximum atomic E-state index is 13.7. The van der Waals surface area contributed by atoms with Gasteiger partial charge in [-0.3, -0.25) is 14.5 Å². The van der Waals surface area contributed by atoms with Crippen molar-refractivity contribution in [3.8, 4) is 11.5 Å². The third kappa shape index (κ3) is 3.24. The molecule has 0 bridgehead atoms. The normalized spacial score (nSPS) is 15.2. The van der Waals surface area contributed by atoms with Gasteiger partial charge in [0.15, 0.2) is 16.9 Å². The summed E-state index contributed by atoms with van der Waals surface area (Å²) in [6.07, 6.45) is 1.59. The first-order valence-electron chi connectivity index (χ1n) is 10.7.